The van der Waals surface area contributed by atoms with Gasteiger partial charge in [-0.25, -0.2) is 0 Å². The van der Waals surface area contributed by atoms with E-state index in [0.717, 1.165) is 12.2 Å². The van der Waals surface area contributed by atoms with E-state index in [1.165, 1.54) is 12.8 Å². The molecule has 1 N–H and O–H groups in total. The van der Waals surface area contributed by atoms with E-state index >= 15 is 0 Å². The number of thioether (sulfide) groups is 1. The highest BCUT2D eigenvalue weighted by Gasteiger charge is 2.28. The number of aromatic nitrogens is 3. The topological polar surface area (TPSA) is 59.9 Å². The number of halogens is 1. The third-order valence-corrected chi connectivity index (χ3v) is 4.57. The fourth-order valence-electron chi connectivity index (χ4n) is 2.33. The number of nitrogens with one attached hydrogen (secondary N) is 1. The van der Waals surface area contributed by atoms with Crippen LogP contribution in [0.1, 0.15) is 40.0 Å². The number of rotatable bonds is 6. The van der Waals surface area contributed by atoms with Gasteiger partial charge < -0.3 is 10.1 Å². The Bertz CT molecular complexity index is 446. The van der Waals surface area contributed by atoms with E-state index in [4.69, 9.17) is 16.3 Å². The van der Waals surface area contributed by atoms with Crippen molar-refractivity contribution < 1.29 is 4.74 Å². The third-order valence-electron chi connectivity index (χ3n) is 3.08. The molecule has 2 atom stereocenters. The summed E-state index contributed by atoms with van der Waals surface area (Å²) in [4.78, 5) is 12.4. The van der Waals surface area contributed by atoms with E-state index in [1.807, 2.05) is 25.6 Å². The van der Waals surface area contributed by atoms with Gasteiger partial charge in [-0.3, -0.25) is 0 Å². The predicted octanol–water partition coefficient (Wildman–Crippen LogP) is 3.40. The maximum atomic E-state index is 5.93. The summed E-state index contributed by atoms with van der Waals surface area (Å²) in [6.07, 6.45) is 3.63. The molecule has 0 aliphatic heterocycles. The molecule has 0 aromatic carbocycles. The van der Waals surface area contributed by atoms with Gasteiger partial charge in [-0.05, 0) is 44.0 Å². The van der Waals surface area contributed by atoms with Gasteiger partial charge in [-0.15, -0.1) is 0 Å². The quantitative estimate of drug-likeness (QED) is 0.868. The Hall–Kier alpha value is -0.750. The minimum absolute atomic E-state index is 0.0104. The van der Waals surface area contributed by atoms with Crippen LogP contribution in [-0.2, 0) is 0 Å². The molecule has 1 aliphatic carbocycles. The van der Waals surface area contributed by atoms with Crippen LogP contribution < -0.4 is 10.1 Å². The molecule has 1 aromatic heterocycles. The molecule has 1 heterocycles. The van der Waals surface area contributed by atoms with Crippen molar-refractivity contribution in [2.45, 2.75) is 57.4 Å². The number of nitrogens with zero attached hydrogens (tertiary/aromatic N) is 3. The predicted molar refractivity (Wildman–Crippen MR) is 83.8 cm³/mol. The van der Waals surface area contributed by atoms with Crippen LogP contribution in [0.15, 0.2) is 0 Å². The first-order valence-corrected chi connectivity index (χ1v) is 8.47. The van der Waals surface area contributed by atoms with E-state index in [0.29, 0.717) is 17.2 Å². The fourth-order valence-corrected chi connectivity index (χ4v) is 3.68. The Balaban J connectivity index is 2.06. The molecule has 2 unspecified atom stereocenters. The van der Waals surface area contributed by atoms with E-state index in [2.05, 4.69) is 27.2 Å². The molecular weight excluding hydrogens is 296 g/mol. The van der Waals surface area contributed by atoms with Gasteiger partial charge in [-0.2, -0.15) is 26.7 Å². The Morgan fingerprint density at radius 2 is 2.15 bits per heavy atom. The molecule has 0 spiro atoms. The summed E-state index contributed by atoms with van der Waals surface area (Å²) in [5.41, 5.74) is 0. The minimum Gasteiger partial charge on any atom is -0.461 e. The van der Waals surface area contributed by atoms with E-state index in [1.54, 1.807) is 0 Å². The summed E-state index contributed by atoms with van der Waals surface area (Å²) in [5, 5.41) is 4.16. The second-order valence-electron chi connectivity index (χ2n) is 5.05. The lowest BCUT2D eigenvalue weighted by atomic mass is 10.2. The van der Waals surface area contributed by atoms with Gasteiger partial charge >= 0.3 is 6.01 Å². The average Bonchev–Trinajstić information content (AvgIpc) is 2.75. The Labute approximate surface area is 129 Å². The van der Waals surface area contributed by atoms with Gasteiger partial charge in [0.05, 0.1) is 6.10 Å². The summed E-state index contributed by atoms with van der Waals surface area (Å²) in [6, 6.07) is 0.672. The van der Waals surface area contributed by atoms with Crippen LogP contribution in [0.3, 0.4) is 0 Å². The second-order valence-corrected chi connectivity index (χ2v) is 6.91. The normalized spacial score (nSPS) is 22.2. The molecule has 7 heteroatoms. The highest BCUT2D eigenvalue weighted by molar-refractivity contribution is 7.99. The molecule has 0 radical (unpaired) electrons. The molecule has 20 heavy (non-hydrogen) atoms. The molecule has 112 valence electrons. The molecule has 1 saturated carbocycles. The van der Waals surface area contributed by atoms with Crippen LogP contribution >= 0.6 is 23.4 Å². The van der Waals surface area contributed by atoms with Crippen molar-refractivity contribution in [3.63, 3.8) is 0 Å². The zero-order valence-electron chi connectivity index (χ0n) is 12.1. The molecule has 0 saturated heterocycles. The van der Waals surface area contributed by atoms with Crippen molar-refractivity contribution in [1.82, 2.24) is 15.0 Å². The molecule has 0 bridgehead atoms. The molecule has 5 nitrogen and oxygen atoms in total. The van der Waals surface area contributed by atoms with Crippen molar-refractivity contribution in [3.05, 3.63) is 5.28 Å². The van der Waals surface area contributed by atoms with Crippen molar-refractivity contribution in [2.24, 2.45) is 0 Å². The van der Waals surface area contributed by atoms with Crippen LogP contribution in [0.5, 0.6) is 6.01 Å². The van der Waals surface area contributed by atoms with E-state index in [-0.39, 0.29) is 17.4 Å². The summed E-state index contributed by atoms with van der Waals surface area (Å²) < 4.78 is 5.48. The highest BCUT2D eigenvalue weighted by Crippen LogP contribution is 2.31. The van der Waals surface area contributed by atoms with Gasteiger partial charge in [0.1, 0.15) is 0 Å². The molecule has 1 aliphatic rings. The van der Waals surface area contributed by atoms with Gasteiger partial charge in [0.2, 0.25) is 11.2 Å². The zero-order valence-corrected chi connectivity index (χ0v) is 13.7. The Morgan fingerprint density at radius 3 is 2.85 bits per heavy atom. The van der Waals surface area contributed by atoms with Gasteiger partial charge in [0.15, 0.2) is 0 Å². The van der Waals surface area contributed by atoms with Crippen LogP contribution in [-0.4, -0.2) is 38.1 Å². The lowest BCUT2D eigenvalue weighted by molar-refractivity contribution is 0.222. The van der Waals surface area contributed by atoms with Gasteiger partial charge in [0, 0.05) is 11.3 Å². The smallest absolute Gasteiger partial charge is 0.322 e. The lowest BCUT2D eigenvalue weighted by Crippen LogP contribution is -2.27. The summed E-state index contributed by atoms with van der Waals surface area (Å²) in [7, 11) is 0. The summed E-state index contributed by atoms with van der Waals surface area (Å²) >= 11 is 7.92. The van der Waals surface area contributed by atoms with Crippen LogP contribution in [0.4, 0.5) is 5.95 Å². The van der Waals surface area contributed by atoms with E-state index < -0.39 is 0 Å². The number of hydrogen-bond donors (Lipinski definition) is 1. The number of anilines is 1. The van der Waals surface area contributed by atoms with Gasteiger partial charge in [0.25, 0.3) is 0 Å². The maximum absolute atomic E-state index is 5.93. The standard InChI is InChI=1S/C13H21ClN4OS/c1-4-20-10-7-5-6-9(10)15-12-16-11(14)17-13(18-12)19-8(2)3/h8-10H,4-7H2,1-3H3,(H,15,16,17,18). The second kappa shape index (κ2) is 7.31. The summed E-state index contributed by atoms with van der Waals surface area (Å²) in [6.45, 7) is 6.04. The van der Waals surface area contributed by atoms with Crippen LogP contribution in [0.25, 0.3) is 0 Å². The van der Waals surface area contributed by atoms with E-state index in [9.17, 15) is 0 Å². The lowest BCUT2D eigenvalue weighted by Gasteiger charge is -2.20. The first-order chi connectivity index (χ1) is 9.58. The van der Waals surface area contributed by atoms with Crippen molar-refractivity contribution in [3.8, 4) is 6.01 Å². The van der Waals surface area contributed by atoms with Crippen molar-refractivity contribution in [1.29, 1.82) is 0 Å². The van der Waals surface area contributed by atoms with Crippen LogP contribution in [0, 0.1) is 0 Å². The molecular formula is C13H21ClN4OS. The first kappa shape index (κ1) is 15.6. The average molecular weight is 317 g/mol. The zero-order chi connectivity index (χ0) is 14.5. The summed E-state index contributed by atoms with van der Waals surface area (Å²) in [5.74, 6) is 1.64. The molecule has 1 fully saturated rings. The first-order valence-electron chi connectivity index (χ1n) is 7.05. The third kappa shape index (κ3) is 4.38. The molecule has 2 rings (SSSR count). The number of hydrogen-bond acceptors (Lipinski definition) is 6. The maximum Gasteiger partial charge on any atom is 0.322 e. The monoisotopic (exact) mass is 316 g/mol. The largest absolute Gasteiger partial charge is 0.461 e. The Kier molecular flexibility index (Phi) is 5.72. The molecule has 1 aromatic rings. The SMILES string of the molecule is CCSC1CCCC1Nc1nc(Cl)nc(OC(C)C)n1. The van der Waals surface area contributed by atoms with Crippen LogP contribution in [0.2, 0.25) is 5.28 Å². The van der Waals surface area contributed by atoms with Gasteiger partial charge in [-0.1, -0.05) is 13.3 Å². The van der Waals surface area contributed by atoms with Crippen molar-refractivity contribution in [2.75, 3.05) is 11.1 Å². The Morgan fingerprint density at radius 1 is 1.35 bits per heavy atom. The highest BCUT2D eigenvalue weighted by atomic mass is 35.5. The number of ether oxygens (including phenoxy) is 1. The molecule has 0 amide bonds. The minimum atomic E-state index is 0.0104. The van der Waals surface area contributed by atoms with Crippen molar-refractivity contribution >= 4 is 29.3 Å². The fraction of sp³-hybridized carbons (Fsp3) is 0.769.